The first-order valence-electron chi connectivity index (χ1n) is 8.46. The Bertz CT molecular complexity index is 311. The maximum absolute atomic E-state index is 12.3. The molecule has 2 aliphatic rings. The molecule has 0 radical (unpaired) electrons. The van der Waals surface area contributed by atoms with Crippen LogP contribution in [-0.2, 0) is 9.53 Å². The number of hydrogen-bond acceptors (Lipinski definition) is 4. The number of aliphatic hydroxyl groups excluding tert-OH is 1. The number of aliphatic hydroxyl groups is 1. The van der Waals surface area contributed by atoms with Gasteiger partial charge in [-0.05, 0) is 51.6 Å². The first kappa shape index (κ1) is 16.7. The predicted octanol–water partition coefficient (Wildman–Crippen LogP) is 1.15. The van der Waals surface area contributed by atoms with Crippen molar-refractivity contribution in [3.05, 3.63) is 0 Å². The first-order chi connectivity index (χ1) is 10.2. The highest BCUT2D eigenvalue weighted by Gasteiger charge is 2.25. The van der Waals surface area contributed by atoms with Gasteiger partial charge in [0.25, 0.3) is 0 Å². The standard InChI is InChI=1S/C16H30N2O3/c1-13(18-8-4-2-3-5-9-18)16(20)17-12-15(19)14-6-10-21-11-7-14/h13-15,19H,2-12H2,1H3,(H,17,20)/t13-,15+/m0/s1. The Balaban J connectivity index is 1.72. The summed E-state index contributed by atoms with van der Waals surface area (Å²) in [5, 5.41) is 13.1. The van der Waals surface area contributed by atoms with Crippen molar-refractivity contribution in [1.82, 2.24) is 10.2 Å². The van der Waals surface area contributed by atoms with Crippen LogP contribution in [-0.4, -0.2) is 60.9 Å². The van der Waals surface area contributed by atoms with Crippen molar-refractivity contribution in [3.8, 4) is 0 Å². The summed E-state index contributed by atoms with van der Waals surface area (Å²) in [6.07, 6.45) is 6.23. The van der Waals surface area contributed by atoms with Crippen LogP contribution in [0.4, 0.5) is 0 Å². The van der Waals surface area contributed by atoms with Gasteiger partial charge in [-0.25, -0.2) is 0 Å². The van der Waals surface area contributed by atoms with Crippen molar-refractivity contribution in [2.45, 2.75) is 57.6 Å². The maximum Gasteiger partial charge on any atom is 0.237 e. The largest absolute Gasteiger partial charge is 0.391 e. The van der Waals surface area contributed by atoms with Gasteiger partial charge in [0.1, 0.15) is 0 Å². The number of nitrogens with zero attached hydrogens (tertiary/aromatic N) is 1. The molecule has 2 fully saturated rings. The molecule has 2 rings (SSSR count). The van der Waals surface area contributed by atoms with E-state index >= 15 is 0 Å². The van der Waals surface area contributed by atoms with E-state index in [1.807, 2.05) is 6.92 Å². The zero-order valence-electron chi connectivity index (χ0n) is 13.2. The lowest BCUT2D eigenvalue weighted by molar-refractivity contribution is -0.126. The summed E-state index contributed by atoms with van der Waals surface area (Å²) < 4.78 is 5.30. The average molecular weight is 298 g/mol. The number of hydrogen-bond donors (Lipinski definition) is 2. The van der Waals surface area contributed by atoms with Crippen LogP contribution >= 0.6 is 0 Å². The Labute approximate surface area is 128 Å². The molecule has 2 atom stereocenters. The summed E-state index contributed by atoms with van der Waals surface area (Å²) in [5.74, 6) is 0.301. The summed E-state index contributed by atoms with van der Waals surface area (Å²) >= 11 is 0. The van der Waals surface area contributed by atoms with E-state index in [4.69, 9.17) is 4.74 Å². The van der Waals surface area contributed by atoms with Gasteiger partial charge in [0.15, 0.2) is 0 Å². The third-order valence-electron chi connectivity index (χ3n) is 4.86. The molecule has 2 saturated heterocycles. The fourth-order valence-corrected chi connectivity index (χ4v) is 3.27. The Kier molecular flexibility index (Phi) is 6.93. The molecule has 5 nitrogen and oxygen atoms in total. The number of nitrogens with one attached hydrogen (secondary N) is 1. The molecule has 2 heterocycles. The highest BCUT2D eigenvalue weighted by atomic mass is 16.5. The molecule has 1 amide bonds. The molecule has 2 N–H and O–H groups in total. The van der Waals surface area contributed by atoms with Crippen molar-refractivity contribution in [2.75, 3.05) is 32.8 Å². The lowest BCUT2D eigenvalue weighted by Gasteiger charge is -2.29. The Hall–Kier alpha value is -0.650. The molecular weight excluding hydrogens is 268 g/mol. The molecule has 0 aliphatic carbocycles. The topological polar surface area (TPSA) is 61.8 Å². The third-order valence-corrected chi connectivity index (χ3v) is 4.86. The van der Waals surface area contributed by atoms with Gasteiger partial charge in [0, 0.05) is 19.8 Å². The van der Waals surface area contributed by atoms with E-state index in [0.29, 0.717) is 6.54 Å². The molecule has 0 bridgehead atoms. The second-order valence-corrected chi connectivity index (χ2v) is 6.39. The molecule has 0 aromatic rings. The number of amides is 1. The molecule has 122 valence electrons. The molecule has 5 heteroatoms. The Morgan fingerprint density at radius 2 is 1.86 bits per heavy atom. The molecule has 0 aromatic heterocycles. The van der Waals surface area contributed by atoms with Crippen LogP contribution in [0.25, 0.3) is 0 Å². The van der Waals surface area contributed by atoms with Crippen LogP contribution in [0.1, 0.15) is 45.4 Å². The molecule has 0 spiro atoms. The quantitative estimate of drug-likeness (QED) is 0.799. The second-order valence-electron chi connectivity index (χ2n) is 6.39. The zero-order valence-corrected chi connectivity index (χ0v) is 13.2. The van der Waals surface area contributed by atoms with E-state index in [-0.39, 0.29) is 17.9 Å². The van der Waals surface area contributed by atoms with Gasteiger partial charge in [0.05, 0.1) is 12.1 Å². The second kappa shape index (κ2) is 8.71. The van der Waals surface area contributed by atoms with Crippen LogP contribution in [0.15, 0.2) is 0 Å². The van der Waals surface area contributed by atoms with Gasteiger partial charge in [-0.3, -0.25) is 9.69 Å². The zero-order chi connectivity index (χ0) is 15.1. The van der Waals surface area contributed by atoms with E-state index in [1.54, 1.807) is 0 Å². The normalized spacial score (nSPS) is 25.0. The van der Waals surface area contributed by atoms with Crippen LogP contribution < -0.4 is 5.32 Å². The minimum absolute atomic E-state index is 0.0445. The Morgan fingerprint density at radius 3 is 2.48 bits per heavy atom. The van der Waals surface area contributed by atoms with Crippen LogP contribution in [0.3, 0.4) is 0 Å². The third kappa shape index (κ3) is 5.24. The summed E-state index contributed by atoms with van der Waals surface area (Å²) in [6, 6.07) is -0.0926. The van der Waals surface area contributed by atoms with E-state index in [2.05, 4.69) is 10.2 Å². The predicted molar refractivity (Wildman–Crippen MR) is 82.1 cm³/mol. The number of rotatable bonds is 5. The monoisotopic (exact) mass is 298 g/mol. The van der Waals surface area contributed by atoms with E-state index in [9.17, 15) is 9.90 Å². The Morgan fingerprint density at radius 1 is 1.24 bits per heavy atom. The van der Waals surface area contributed by atoms with Gasteiger partial charge in [-0.15, -0.1) is 0 Å². The summed E-state index contributed by atoms with van der Waals surface area (Å²) in [7, 11) is 0. The number of carbonyl (C=O) groups is 1. The SMILES string of the molecule is C[C@@H](C(=O)NC[C@@H](O)C1CCOCC1)N1CCCCCC1. The van der Waals surface area contributed by atoms with Gasteiger partial charge in [-0.2, -0.15) is 0 Å². The van der Waals surface area contributed by atoms with Crippen molar-refractivity contribution in [3.63, 3.8) is 0 Å². The fourth-order valence-electron chi connectivity index (χ4n) is 3.27. The molecule has 0 unspecified atom stereocenters. The molecule has 0 aromatic carbocycles. The molecule has 21 heavy (non-hydrogen) atoms. The van der Waals surface area contributed by atoms with Crippen molar-refractivity contribution in [2.24, 2.45) is 5.92 Å². The average Bonchev–Trinajstić information content (AvgIpc) is 2.81. The van der Waals surface area contributed by atoms with Crippen molar-refractivity contribution in [1.29, 1.82) is 0 Å². The van der Waals surface area contributed by atoms with E-state index in [0.717, 1.165) is 39.1 Å². The number of carbonyl (C=O) groups excluding carboxylic acids is 1. The van der Waals surface area contributed by atoms with Crippen molar-refractivity contribution < 1.29 is 14.6 Å². The highest BCUT2D eigenvalue weighted by Crippen LogP contribution is 2.18. The minimum Gasteiger partial charge on any atom is -0.391 e. The van der Waals surface area contributed by atoms with Gasteiger partial charge < -0.3 is 15.2 Å². The highest BCUT2D eigenvalue weighted by molar-refractivity contribution is 5.81. The van der Waals surface area contributed by atoms with Gasteiger partial charge >= 0.3 is 0 Å². The molecule has 0 saturated carbocycles. The lowest BCUT2D eigenvalue weighted by Crippen LogP contribution is -2.48. The number of likely N-dealkylation sites (tertiary alicyclic amines) is 1. The maximum atomic E-state index is 12.3. The smallest absolute Gasteiger partial charge is 0.237 e. The van der Waals surface area contributed by atoms with Crippen LogP contribution in [0, 0.1) is 5.92 Å². The number of ether oxygens (including phenoxy) is 1. The summed E-state index contributed by atoms with van der Waals surface area (Å²) in [5.41, 5.74) is 0. The minimum atomic E-state index is -0.450. The van der Waals surface area contributed by atoms with E-state index in [1.165, 1.54) is 25.7 Å². The van der Waals surface area contributed by atoms with Crippen LogP contribution in [0.5, 0.6) is 0 Å². The van der Waals surface area contributed by atoms with E-state index < -0.39 is 6.10 Å². The summed E-state index contributed by atoms with van der Waals surface area (Å²) in [6.45, 7) is 5.80. The fraction of sp³-hybridized carbons (Fsp3) is 0.938. The van der Waals surface area contributed by atoms with Crippen LogP contribution in [0.2, 0.25) is 0 Å². The first-order valence-corrected chi connectivity index (χ1v) is 8.46. The summed E-state index contributed by atoms with van der Waals surface area (Å²) in [4.78, 5) is 14.5. The van der Waals surface area contributed by atoms with Gasteiger partial charge in [0.2, 0.25) is 5.91 Å². The van der Waals surface area contributed by atoms with Gasteiger partial charge in [-0.1, -0.05) is 12.8 Å². The lowest BCUT2D eigenvalue weighted by atomic mass is 9.94. The molecule has 2 aliphatic heterocycles. The molecular formula is C16H30N2O3. The van der Waals surface area contributed by atoms with Crippen molar-refractivity contribution >= 4 is 5.91 Å².